The second kappa shape index (κ2) is 7.39. The smallest absolute Gasteiger partial charge is 0.318 e. The predicted molar refractivity (Wildman–Crippen MR) is 92.9 cm³/mol. The Labute approximate surface area is 148 Å². The van der Waals surface area contributed by atoms with E-state index in [-0.39, 0.29) is 37.4 Å². The molecule has 130 valence electrons. The molecule has 1 aliphatic heterocycles. The van der Waals surface area contributed by atoms with E-state index >= 15 is 0 Å². The van der Waals surface area contributed by atoms with Gasteiger partial charge in [0.25, 0.3) is 0 Å². The number of nitrogens with zero attached hydrogens (tertiary/aromatic N) is 4. The zero-order valence-electron chi connectivity index (χ0n) is 13.6. The topological polar surface area (TPSA) is 95.5 Å². The Kier molecular flexibility index (Phi) is 5.03. The highest BCUT2D eigenvalue weighted by molar-refractivity contribution is 7.14. The Morgan fingerprint density at radius 3 is 2.92 bits per heavy atom. The molecule has 0 spiro atoms. The molecule has 25 heavy (non-hydrogen) atoms. The number of pyridine rings is 1. The number of urea groups is 1. The van der Waals surface area contributed by atoms with Crippen LogP contribution in [-0.4, -0.2) is 57.8 Å². The first kappa shape index (κ1) is 17.0. The second-order valence-electron chi connectivity index (χ2n) is 5.62. The van der Waals surface area contributed by atoms with E-state index in [1.165, 1.54) is 21.1 Å². The summed E-state index contributed by atoms with van der Waals surface area (Å²) in [5.74, 6) is -0.423. The Morgan fingerprint density at radius 2 is 2.24 bits per heavy atom. The minimum absolute atomic E-state index is 0.0985. The highest BCUT2D eigenvalue weighted by Crippen LogP contribution is 2.24. The molecule has 2 aromatic rings. The molecule has 3 heterocycles. The third-order valence-electron chi connectivity index (χ3n) is 3.72. The summed E-state index contributed by atoms with van der Waals surface area (Å²) in [6, 6.07) is 3.41. The van der Waals surface area contributed by atoms with Crippen LogP contribution in [0.4, 0.5) is 9.93 Å². The Hall–Kier alpha value is -2.81. The highest BCUT2D eigenvalue weighted by atomic mass is 32.1. The lowest BCUT2D eigenvalue weighted by Gasteiger charge is -2.13. The molecule has 1 fully saturated rings. The number of imide groups is 1. The van der Waals surface area contributed by atoms with E-state index < -0.39 is 0 Å². The highest BCUT2D eigenvalue weighted by Gasteiger charge is 2.32. The van der Waals surface area contributed by atoms with Crippen LogP contribution in [-0.2, 0) is 9.59 Å². The number of rotatable bonds is 6. The summed E-state index contributed by atoms with van der Waals surface area (Å²) in [7, 11) is 1.58. The van der Waals surface area contributed by atoms with Gasteiger partial charge in [-0.15, -0.1) is 11.3 Å². The molecule has 1 N–H and O–H groups in total. The van der Waals surface area contributed by atoms with E-state index in [2.05, 4.69) is 15.3 Å². The van der Waals surface area contributed by atoms with Crippen LogP contribution in [0.3, 0.4) is 0 Å². The molecule has 0 bridgehead atoms. The first-order valence-electron chi connectivity index (χ1n) is 7.76. The maximum absolute atomic E-state index is 12.0. The van der Waals surface area contributed by atoms with Crippen molar-refractivity contribution in [2.24, 2.45) is 0 Å². The summed E-state index contributed by atoms with van der Waals surface area (Å²) in [4.78, 5) is 46.3. The number of hydrogen-bond donors (Lipinski definition) is 1. The number of nitrogens with one attached hydrogen (secondary N) is 1. The molecular weight excluding hydrogens is 342 g/mol. The van der Waals surface area contributed by atoms with Crippen molar-refractivity contribution in [1.29, 1.82) is 0 Å². The fourth-order valence-electron chi connectivity index (χ4n) is 2.45. The van der Waals surface area contributed by atoms with Gasteiger partial charge < -0.3 is 10.2 Å². The van der Waals surface area contributed by atoms with Crippen molar-refractivity contribution in [2.45, 2.75) is 12.8 Å². The third kappa shape index (κ3) is 4.00. The lowest BCUT2D eigenvalue weighted by Crippen LogP contribution is -2.32. The monoisotopic (exact) mass is 359 g/mol. The van der Waals surface area contributed by atoms with Crippen LogP contribution < -0.4 is 5.32 Å². The number of aromatic nitrogens is 2. The maximum atomic E-state index is 12.0. The number of anilines is 1. The summed E-state index contributed by atoms with van der Waals surface area (Å²) in [6.07, 6.45) is 4.02. The number of carbonyl (C=O) groups excluding carboxylic acids is 3. The van der Waals surface area contributed by atoms with Gasteiger partial charge in [-0.1, -0.05) is 0 Å². The van der Waals surface area contributed by atoms with E-state index in [9.17, 15) is 14.4 Å². The van der Waals surface area contributed by atoms with Crippen molar-refractivity contribution < 1.29 is 14.4 Å². The Balaban J connectivity index is 1.48. The van der Waals surface area contributed by atoms with Gasteiger partial charge in [-0.2, -0.15) is 0 Å². The number of hydrogen-bond acceptors (Lipinski definition) is 6. The zero-order chi connectivity index (χ0) is 17.8. The molecule has 0 radical (unpaired) electrons. The quantitative estimate of drug-likeness (QED) is 0.794. The molecule has 0 aliphatic carbocycles. The summed E-state index contributed by atoms with van der Waals surface area (Å²) in [5.41, 5.74) is 1.64. The number of thiazole rings is 1. The van der Waals surface area contributed by atoms with Crippen molar-refractivity contribution in [3.63, 3.8) is 0 Å². The fourth-order valence-corrected chi connectivity index (χ4v) is 3.18. The van der Waals surface area contributed by atoms with Crippen molar-refractivity contribution in [2.75, 3.05) is 25.5 Å². The van der Waals surface area contributed by atoms with Crippen LogP contribution in [0.2, 0.25) is 0 Å². The number of amides is 4. The average molecular weight is 359 g/mol. The van der Waals surface area contributed by atoms with Crippen LogP contribution in [0.1, 0.15) is 12.8 Å². The van der Waals surface area contributed by atoms with E-state index in [1.807, 2.05) is 17.5 Å². The van der Waals surface area contributed by atoms with Gasteiger partial charge >= 0.3 is 6.03 Å². The molecular formula is C16H17N5O3S. The third-order valence-corrected chi connectivity index (χ3v) is 4.48. The average Bonchev–Trinajstić information content (AvgIpc) is 3.15. The van der Waals surface area contributed by atoms with E-state index in [0.29, 0.717) is 11.6 Å². The van der Waals surface area contributed by atoms with Gasteiger partial charge in [-0.25, -0.2) is 9.78 Å². The zero-order valence-corrected chi connectivity index (χ0v) is 14.5. The van der Waals surface area contributed by atoms with Gasteiger partial charge in [-0.05, 0) is 18.6 Å². The lowest BCUT2D eigenvalue weighted by atomic mass is 10.2. The predicted octanol–water partition coefficient (Wildman–Crippen LogP) is 1.82. The summed E-state index contributed by atoms with van der Waals surface area (Å²) >= 11 is 1.34. The molecule has 3 rings (SSSR count). The Bertz CT molecular complexity index is 792. The molecule has 4 amide bonds. The minimum Gasteiger partial charge on any atom is -0.318 e. The first-order valence-corrected chi connectivity index (χ1v) is 8.64. The van der Waals surface area contributed by atoms with Crippen molar-refractivity contribution in [3.05, 3.63) is 29.9 Å². The molecule has 8 nitrogen and oxygen atoms in total. The van der Waals surface area contributed by atoms with E-state index in [4.69, 9.17) is 0 Å². The lowest BCUT2D eigenvalue weighted by molar-refractivity contribution is -0.125. The van der Waals surface area contributed by atoms with Gasteiger partial charge in [0.05, 0.1) is 5.69 Å². The van der Waals surface area contributed by atoms with Crippen LogP contribution in [0, 0.1) is 0 Å². The number of likely N-dealkylation sites (N-methyl/N-ethyl adjacent to an activating group) is 1. The normalized spacial score (nSPS) is 14.3. The number of carbonyl (C=O) groups is 3. The first-order chi connectivity index (χ1) is 12.0. The molecule has 0 atom stereocenters. The summed E-state index contributed by atoms with van der Waals surface area (Å²) in [5, 5.41) is 5.10. The summed E-state index contributed by atoms with van der Waals surface area (Å²) in [6.45, 7) is 0.343. The van der Waals surface area contributed by atoms with Crippen LogP contribution in [0.25, 0.3) is 11.3 Å². The largest absolute Gasteiger partial charge is 0.326 e. The molecule has 2 aromatic heterocycles. The molecule has 1 saturated heterocycles. The molecule has 0 aromatic carbocycles. The van der Waals surface area contributed by atoms with Crippen molar-refractivity contribution in [3.8, 4) is 11.3 Å². The van der Waals surface area contributed by atoms with Gasteiger partial charge in [0.15, 0.2) is 5.13 Å². The second-order valence-corrected chi connectivity index (χ2v) is 6.47. The van der Waals surface area contributed by atoms with Gasteiger partial charge in [0.1, 0.15) is 6.54 Å². The minimum atomic E-state index is -0.313. The Morgan fingerprint density at radius 1 is 1.40 bits per heavy atom. The van der Waals surface area contributed by atoms with Gasteiger partial charge in [0.2, 0.25) is 11.8 Å². The summed E-state index contributed by atoms with van der Waals surface area (Å²) < 4.78 is 0. The van der Waals surface area contributed by atoms with Crippen LogP contribution >= 0.6 is 11.3 Å². The van der Waals surface area contributed by atoms with Crippen LogP contribution in [0.15, 0.2) is 29.9 Å². The van der Waals surface area contributed by atoms with Gasteiger partial charge in [0, 0.05) is 43.4 Å². The van der Waals surface area contributed by atoms with Crippen molar-refractivity contribution >= 4 is 34.3 Å². The molecule has 1 aliphatic rings. The van der Waals surface area contributed by atoms with Crippen LogP contribution in [0.5, 0.6) is 0 Å². The van der Waals surface area contributed by atoms with Gasteiger partial charge in [-0.3, -0.25) is 19.5 Å². The SMILES string of the molecule is CN1CC(=O)N(CCCC(=O)Nc2nc(-c3cccnc3)cs2)C1=O. The molecule has 0 saturated carbocycles. The maximum Gasteiger partial charge on any atom is 0.326 e. The van der Waals surface area contributed by atoms with E-state index in [0.717, 1.165) is 11.3 Å². The van der Waals surface area contributed by atoms with E-state index in [1.54, 1.807) is 19.4 Å². The standard InChI is InChI=1S/C16H17N5O3S/c1-20-9-14(23)21(16(20)24)7-3-5-13(22)19-15-18-12(10-25-15)11-4-2-6-17-8-11/h2,4,6,8,10H,3,5,7,9H2,1H3,(H,18,19,22). The van der Waals surface area contributed by atoms with Crippen molar-refractivity contribution in [1.82, 2.24) is 19.8 Å². The molecule has 9 heteroatoms. The molecule has 0 unspecified atom stereocenters. The fraction of sp³-hybridized carbons (Fsp3) is 0.312.